The van der Waals surface area contributed by atoms with Crippen LogP contribution in [0.1, 0.15) is 23.1 Å². The highest BCUT2D eigenvalue weighted by Crippen LogP contribution is 2.13. The van der Waals surface area contributed by atoms with Crippen LogP contribution in [0.3, 0.4) is 0 Å². The molecule has 0 aliphatic carbocycles. The first kappa shape index (κ1) is 20.8. The first-order chi connectivity index (χ1) is 14.1. The summed E-state index contributed by atoms with van der Waals surface area (Å²) >= 11 is 0. The summed E-state index contributed by atoms with van der Waals surface area (Å²) in [5.41, 5.74) is 3.63. The molecule has 0 radical (unpaired) electrons. The third kappa shape index (κ3) is 6.57. The van der Waals surface area contributed by atoms with E-state index < -0.39 is 0 Å². The number of hydrogen-bond acceptors (Lipinski definition) is 3. The number of nitrogens with zero attached hydrogens (tertiary/aromatic N) is 2. The summed E-state index contributed by atoms with van der Waals surface area (Å²) in [5.74, 6) is -0.0717. The molecule has 1 N–H and O–H groups in total. The van der Waals surface area contributed by atoms with Gasteiger partial charge in [-0.05, 0) is 29.7 Å². The van der Waals surface area contributed by atoms with Crippen LogP contribution in [0.15, 0.2) is 60.7 Å². The maximum Gasteiger partial charge on any atom is 0.244 e. The molecule has 0 unspecified atom stereocenters. The highest BCUT2D eigenvalue weighted by Gasteiger charge is 2.21. The van der Waals surface area contributed by atoms with Crippen LogP contribution in [0.2, 0.25) is 0 Å². The minimum atomic E-state index is -0.176. The summed E-state index contributed by atoms with van der Waals surface area (Å²) in [6.45, 7) is 6.68. The molecule has 5 nitrogen and oxygen atoms in total. The molecule has 1 fully saturated rings. The van der Waals surface area contributed by atoms with Crippen LogP contribution >= 0.6 is 0 Å². The van der Waals surface area contributed by atoms with E-state index in [1.807, 2.05) is 35.2 Å². The lowest BCUT2D eigenvalue weighted by Gasteiger charge is -2.35. The fourth-order valence-electron chi connectivity index (χ4n) is 3.43. The van der Waals surface area contributed by atoms with Crippen molar-refractivity contribution in [2.45, 2.75) is 19.9 Å². The minimum Gasteiger partial charge on any atom is -0.352 e. The van der Waals surface area contributed by atoms with Gasteiger partial charge in [0.2, 0.25) is 11.8 Å². The molecule has 0 saturated carbocycles. The Morgan fingerprint density at radius 3 is 2.38 bits per heavy atom. The number of amides is 2. The smallest absolute Gasteiger partial charge is 0.244 e. The lowest BCUT2D eigenvalue weighted by molar-refractivity contribution is -0.132. The molecule has 0 atom stereocenters. The molecule has 1 heterocycles. The quantitative estimate of drug-likeness (QED) is 0.739. The Labute approximate surface area is 173 Å². The fourth-order valence-corrected chi connectivity index (χ4v) is 3.43. The molecule has 2 aromatic rings. The van der Waals surface area contributed by atoms with Crippen LogP contribution in [0.4, 0.5) is 0 Å². The third-order valence-electron chi connectivity index (χ3n) is 5.25. The van der Waals surface area contributed by atoms with Gasteiger partial charge in [-0.2, -0.15) is 0 Å². The van der Waals surface area contributed by atoms with Crippen LogP contribution in [-0.2, 0) is 16.1 Å². The summed E-state index contributed by atoms with van der Waals surface area (Å²) < 4.78 is 0. The van der Waals surface area contributed by atoms with Crippen molar-refractivity contribution in [2.75, 3.05) is 32.7 Å². The zero-order valence-electron chi connectivity index (χ0n) is 17.0. The van der Waals surface area contributed by atoms with Gasteiger partial charge >= 0.3 is 0 Å². The van der Waals surface area contributed by atoms with Gasteiger partial charge in [-0.1, -0.05) is 54.6 Å². The molecule has 1 saturated heterocycles. The Morgan fingerprint density at radius 1 is 0.966 bits per heavy atom. The Hall–Kier alpha value is -2.92. The highest BCUT2D eigenvalue weighted by molar-refractivity contribution is 5.92. The average molecular weight is 392 g/mol. The SMILES string of the molecule is Cc1ccccc1CN1CCN(C(=O)CCNC(=O)/C=C/c2ccccc2)CC1. The van der Waals surface area contributed by atoms with Crippen molar-refractivity contribution >= 4 is 17.9 Å². The predicted octanol–water partition coefficient (Wildman–Crippen LogP) is 2.86. The van der Waals surface area contributed by atoms with Gasteiger partial charge in [0.25, 0.3) is 0 Å². The number of carbonyl (C=O) groups excluding carboxylic acids is 2. The van der Waals surface area contributed by atoms with E-state index in [0.717, 1.165) is 38.3 Å². The van der Waals surface area contributed by atoms with E-state index in [1.165, 1.54) is 17.2 Å². The van der Waals surface area contributed by atoms with E-state index in [1.54, 1.807) is 6.08 Å². The Kier molecular flexibility index (Phi) is 7.59. The van der Waals surface area contributed by atoms with E-state index in [2.05, 4.69) is 41.4 Å². The molecular formula is C24H29N3O2. The summed E-state index contributed by atoms with van der Waals surface area (Å²) in [4.78, 5) is 28.6. The van der Waals surface area contributed by atoms with Crippen LogP contribution in [0.5, 0.6) is 0 Å². The van der Waals surface area contributed by atoms with Crippen molar-refractivity contribution in [1.82, 2.24) is 15.1 Å². The largest absolute Gasteiger partial charge is 0.352 e. The Morgan fingerprint density at radius 2 is 1.66 bits per heavy atom. The van der Waals surface area contributed by atoms with Crippen molar-refractivity contribution in [3.8, 4) is 0 Å². The van der Waals surface area contributed by atoms with Gasteiger partial charge in [0.1, 0.15) is 0 Å². The lowest BCUT2D eigenvalue weighted by Crippen LogP contribution is -2.48. The normalized spacial score (nSPS) is 14.9. The van der Waals surface area contributed by atoms with Gasteiger partial charge in [0.15, 0.2) is 0 Å². The monoisotopic (exact) mass is 391 g/mol. The second-order valence-electron chi connectivity index (χ2n) is 7.37. The van der Waals surface area contributed by atoms with E-state index in [-0.39, 0.29) is 11.8 Å². The number of benzene rings is 2. The molecule has 2 amide bonds. The average Bonchev–Trinajstić information content (AvgIpc) is 2.75. The molecule has 0 aromatic heterocycles. The first-order valence-corrected chi connectivity index (χ1v) is 10.2. The van der Waals surface area contributed by atoms with Gasteiger partial charge in [-0.15, -0.1) is 0 Å². The Balaban J connectivity index is 1.35. The molecule has 3 rings (SSSR count). The number of hydrogen-bond donors (Lipinski definition) is 1. The summed E-state index contributed by atoms with van der Waals surface area (Å²) in [6.07, 6.45) is 3.61. The number of rotatable bonds is 7. The second kappa shape index (κ2) is 10.6. The van der Waals surface area contributed by atoms with E-state index in [9.17, 15) is 9.59 Å². The Bertz CT molecular complexity index is 840. The second-order valence-corrected chi connectivity index (χ2v) is 7.37. The zero-order chi connectivity index (χ0) is 20.5. The van der Waals surface area contributed by atoms with Crippen LogP contribution in [0, 0.1) is 6.92 Å². The van der Waals surface area contributed by atoms with E-state index in [0.29, 0.717) is 13.0 Å². The molecule has 5 heteroatoms. The van der Waals surface area contributed by atoms with E-state index in [4.69, 9.17) is 0 Å². The standard InChI is InChI=1S/C24H29N3O2/c1-20-7-5-6-10-22(20)19-26-15-17-27(18-16-26)24(29)13-14-25-23(28)12-11-21-8-3-2-4-9-21/h2-12H,13-19H2,1H3,(H,25,28)/b12-11+. The minimum absolute atomic E-state index is 0.105. The maximum atomic E-state index is 12.4. The molecule has 152 valence electrons. The van der Waals surface area contributed by atoms with E-state index >= 15 is 0 Å². The molecule has 1 aliphatic heterocycles. The van der Waals surface area contributed by atoms with Gasteiger partial charge in [-0.3, -0.25) is 14.5 Å². The molecule has 29 heavy (non-hydrogen) atoms. The van der Waals surface area contributed by atoms with Gasteiger partial charge < -0.3 is 10.2 Å². The van der Waals surface area contributed by atoms with Crippen molar-refractivity contribution < 1.29 is 9.59 Å². The van der Waals surface area contributed by atoms with Crippen molar-refractivity contribution in [2.24, 2.45) is 0 Å². The lowest BCUT2D eigenvalue weighted by atomic mass is 10.1. The number of aryl methyl sites for hydroxylation is 1. The third-order valence-corrected chi connectivity index (χ3v) is 5.25. The number of piperazine rings is 1. The number of nitrogens with one attached hydrogen (secondary N) is 1. The van der Waals surface area contributed by atoms with Crippen molar-refractivity contribution in [1.29, 1.82) is 0 Å². The summed E-state index contributed by atoms with van der Waals surface area (Å²) in [5, 5.41) is 2.79. The van der Waals surface area contributed by atoms with Crippen molar-refractivity contribution in [3.05, 3.63) is 77.4 Å². The highest BCUT2D eigenvalue weighted by atomic mass is 16.2. The fraction of sp³-hybridized carbons (Fsp3) is 0.333. The van der Waals surface area contributed by atoms with Crippen LogP contribution < -0.4 is 5.32 Å². The van der Waals surface area contributed by atoms with Crippen molar-refractivity contribution in [3.63, 3.8) is 0 Å². The zero-order valence-corrected chi connectivity index (χ0v) is 17.0. The molecule has 0 spiro atoms. The first-order valence-electron chi connectivity index (χ1n) is 10.2. The van der Waals surface area contributed by atoms with Crippen LogP contribution in [-0.4, -0.2) is 54.3 Å². The topological polar surface area (TPSA) is 52.6 Å². The molecule has 2 aromatic carbocycles. The van der Waals surface area contributed by atoms with Crippen LogP contribution in [0.25, 0.3) is 6.08 Å². The summed E-state index contributed by atoms with van der Waals surface area (Å²) in [6, 6.07) is 18.1. The predicted molar refractivity (Wildman–Crippen MR) is 116 cm³/mol. The van der Waals surface area contributed by atoms with Gasteiger partial charge in [0.05, 0.1) is 0 Å². The summed E-state index contributed by atoms with van der Waals surface area (Å²) in [7, 11) is 0. The molecule has 0 bridgehead atoms. The molecule has 1 aliphatic rings. The molecular weight excluding hydrogens is 362 g/mol. The maximum absolute atomic E-state index is 12.4. The number of carbonyl (C=O) groups is 2. The van der Waals surface area contributed by atoms with Gasteiger partial charge in [0, 0.05) is 51.8 Å². The van der Waals surface area contributed by atoms with Gasteiger partial charge in [-0.25, -0.2) is 0 Å².